The van der Waals surface area contributed by atoms with Gasteiger partial charge in [-0.2, -0.15) is 5.26 Å². The van der Waals surface area contributed by atoms with E-state index in [-0.39, 0.29) is 5.91 Å². The third kappa shape index (κ3) is 3.58. The van der Waals surface area contributed by atoms with Gasteiger partial charge in [0, 0.05) is 19.2 Å². The lowest BCUT2D eigenvalue weighted by Gasteiger charge is -2.31. The van der Waals surface area contributed by atoms with Crippen molar-refractivity contribution in [2.75, 3.05) is 13.7 Å². The Labute approximate surface area is 147 Å². The first kappa shape index (κ1) is 16.8. The molecule has 5 nitrogen and oxygen atoms in total. The quantitative estimate of drug-likeness (QED) is 0.861. The van der Waals surface area contributed by atoms with Crippen molar-refractivity contribution in [2.24, 2.45) is 0 Å². The number of carbonyl (C=O) groups excluding carboxylic acids is 1. The second-order valence-electron chi connectivity index (χ2n) is 6.02. The summed E-state index contributed by atoms with van der Waals surface area (Å²) in [4.78, 5) is 14.6. The van der Waals surface area contributed by atoms with Gasteiger partial charge in [0.15, 0.2) is 17.6 Å². The predicted molar refractivity (Wildman–Crippen MR) is 93.4 cm³/mol. The zero-order chi connectivity index (χ0) is 17.8. The predicted octanol–water partition coefficient (Wildman–Crippen LogP) is 2.92. The van der Waals surface area contributed by atoms with Crippen LogP contribution in [0.15, 0.2) is 42.5 Å². The molecule has 5 heteroatoms. The molecule has 128 valence electrons. The Kier molecular flexibility index (Phi) is 4.90. The average molecular weight is 336 g/mol. The van der Waals surface area contributed by atoms with Crippen LogP contribution in [0.2, 0.25) is 0 Å². The summed E-state index contributed by atoms with van der Waals surface area (Å²) >= 11 is 0. The molecule has 1 atom stereocenters. The van der Waals surface area contributed by atoms with E-state index in [4.69, 9.17) is 14.7 Å². The van der Waals surface area contributed by atoms with Gasteiger partial charge < -0.3 is 14.4 Å². The first-order valence-electron chi connectivity index (χ1n) is 8.22. The summed E-state index contributed by atoms with van der Waals surface area (Å²) < 4.78 is 11.1. The van der Waals surface area contributed by atoms with E-state index in [1.807, 2.05) is 17.0 Å². The molecule has 25 heavy (non-hydrogen) atoms. The standard InChI is InChI=1S/C20H20N2O3/c1-14(25-18-8-7-15(12-21)11-19(18)24-2)20(23)22-10-9-16-5-3-4-6-17(16)13-22/h3-8,11,14H,9-10,13H2,1-2H3/t14-/m1/s1. The molecule has 3 rings (SSSR count). The van der Waals surface area contributed by atoms with Crippen molar-refractivity contribution in [3.8, 4) is 17.6 Å². The Morgan fingerprint density at radius 3 is 2.68 bits per heavy atom. The zero-order valence-electron chi connectivity index (χ0n) is 14.4. The van der Waals surface area contributed by atoms with Crippen LogP contribution in [0.25, 0.3) is 0 Å². The van der Waals surface area contributed by atoms with E-state index in [1.54, 1.807) is 25.1 Å². The minimum absolute atomic E-state index is 0.0547. The van der Waals surface area contributed by atoms with E-state index in [0.717, 1.165) is 6.42 Å². The van der Waals surface area contributed by atoms with E-state index in [9.17, 15) is 4.79 Å². The largest absolute Gasteiger partial charge is 0.493 e. The fourth-order valence-electron chi connectivity index (χ4n) is 3.02. The second kappa shape index (κ2) is 7.27. The molecule has 1 aliphatic heterocycles. The summed E-state index contributed by atoms with van der Waals surface area (Å²) in [5.74, 6) is 0.850. The topological polar surface area (TPSA) is 62.6 Å². The molecule has 0 saturated heterocycles. The molecule has 0 N–H and O–H groups in total. The van der Waals surface area contributed by atoms with Gasteiger partial charge in [-0.3, -0.25) is 4.79 Å². The molecule has 0 aliphatic carbocycles. The minimum atomic E-state index is -0.632. The zero-order valence-corrected chi connectivity index (χ0v) is 14.4. The van der Waals surface area contributed by atoms with Crippen LogP contribution in [0.1, 0.15) is 23.6 Å². The maximum absolute atomic E-state index is 12.7. The van der Waals surface area contributed by atoms with Crippen LogP contribution >= 0.6 is 0 Å². The number of methoxy groups -OCH3 is 1. The Bertz CT molecular complexity index is 826. The van der Waals surface area contributed by atoms with Gasteiger partial charge in [-0.05, 0) is 36.6 Å². The van der Waals surface area contributed by atoms with Gasteiger partial charge >= 0.3 is 0 Å². The number of benzene rings is 2. The van der Waals surface area contributed by atoms with Crippen molar-refractivity contribution in [3.05, 3.63) is 59.2 Å². The number of nitrogens with zero attached hydrogens (tertiary/aromatic N) is 2. The molecule has 1 aliphatic rings. The van der Waals surface area contributed by atoms with E-state index in [1.165, 1.54) is 18.2 Å². The van der Waals surface area contributed by atoms with E-state index in [0.29, 0.717) is 30.2 Å². The highest BCUT2D eigenvalue weighted by atomic mass is 16.5. The number of carbonyl (C=O) groups is 1. The lowest BCUT2D eigenvalue weighted by Crippen LogP contribution is -2.43. The molecular weight excluding hydrogens is 316 g/mol. The molecule has 0 saturated carbocycles. The number of rotatable bonds is 4. The number of ether oxygens (including phenoxy) is 2. The molecule has 0 radical (unpaired) electrons. The third-order valence-electron chi connectivity index (χ3n) is 4.39. The average Bonchev–Trinajstić information content (AvgIpc) is 2.67. The van der Waals surface area contributed by atoms with Crippen molar-refractivity contribution < 1.29 is 14.3 Å². The number of hydrogen-bond donors (Lipinski definition) is 0. The molecule has 1 heterocycles. The number of hydrogen-bond acceptors (Lipinski definition) is 4. The Hall–Kier alpha value is -3.00. The van der Waals surface area contributed by atoms with Crippen molar-refractivity contribution in [3.63, 3.8) is 0 Å². The first-order valence-corrected chi connectivity index (χ1v) is 8.22. The highest BCUT2D eigenvalue weighted by Crippen LogP contribution is 2.29. The van der Waals surface area contributed by atoms with Crippen LogP contribution in [0.4, 0.5) is 0 Å². The molecule has 0 unspecified atom stereocenters. The molecule has 0 aromatic heterocycles. The van der Waals surface area contributed by atoms with Crippen molar-refractivity contribution in [1.29, 1.82) is 5.26 Å². The first-order chi connectivity index (χ1) is 12.1. The Balaban J connectivity index is 1.71. The van der Waals surface area contributed by atoms with E-state index in [2.05, 4.69) is 18.2 Å². The molecule has 1 amide bonds. The van der Waals surface area contributed by atoms with Crippen LogP contribution in [-0.4, -0.2) is 30.6 Å². The summed E-state index contributed by atoms with van der Waals surface area (Å²) in [5, 5.41) is 8.96. The van der Waals surface area contributed by atoms with Gasteiger partial charge in [0.1, 0.15) is 0 Å². The highest BCUT2D eigenvalue weighted by Gasteiger charge is 2.26. The lowest BCUT2D eigenvalue weighted by atomic mass is 9.99. The maximum atomic E-state index is 12.7. The monoisotopic (exact) mass is 336 g/mol. The molecule has 2 aromatic rings. The Morgan fingerprint density at radius 2 is 1.96 bits per heavy atom. The number of amides is 1. The summed E-state index contributed by atoms with van der Waals surface area (Å²) in [6.45, 7) is 3.03. The lowest BCUT2D eigenvalue weighted by molar-refractivity contribution is -0.138. The smallest absolute Gasteiger partial charge is 0.263 e. The van der Waals surface area contributed by atoms with Gasteiger partial charge in [0.2, 0.25) is 0 Å². The van der Waals surface area contributed by atoms with Gasteiger partial charge in [0.25, 0.3) is 5.91 Å². The van der Waals surface area contributed by atoms with Gasteiger partial charge in [-0.1, -0.05) is 24.3 Å². The molecule has 0 fully saturated rings. The van der Waals surface area contributed by atoms with Gasteiger partial charge in [-0.15, -0.1) is 0 Å². The summed E-state index contributed by atoms with van der Waals surface area (Å²) in [7, 11) is 1.51. The van der Waals surface area contributed by atoms with E-state index >= 15 is 0 Å². The highest BCUT2D eigenvalue weighted by molar-refractivity contribution is 5.81. The molecule has 0 spiro atoms. The van der Waals surface area contributed by atoms with Crippen LogP contribution in [0, 0.1) is 11.3 Å². The maximum Gasteiger partial charge on any atom is 0.263 e. The van der Waals surface area contributed by atoms with Crippen LogP contribution in [-0.2, 0) is 17.8 Å². The normalized spacial score (nSPS) is 14.2. The molecular formula is C20H20N2O3. The van der Waals surface area contributed by atoms with Gasteiger partial charge in [0.05, 0.1) is 18.7 Å². The van der Waals surface area contributed by atoms with E-state index < -0.39 is 6.10 Å². The van der Waals surface area contributed by atoms with Crippen molar-refractivity contribution in [2.45, 2.75) is 26.0 Å². The number of nitriles is 1. The SMILES string of the molecule is COc1cc(C#N)ccc1O[C@H](C)C(=O)N1CCc2ccccc2C1. The van der Waals surface area contributed by atoms with Crippen LogP contribution in [0.5, 0.6) is 11.5 Å². The fourth-order valence-corrected chi connectivity index (χ4v) is 3.02. The minimum Gasteiger partial charge on any atom is -0.493 e. The van der Waals surface area contributed by atoms with Crippen LogP contribution in [0.3, 0.4) is 0 Å². The van der Waals surface area contributed by atoms with Crippen molar-refractivity contribution >= 4 is 5.91 Å². The molecule has 2 aromatic carbocycles. The number of fused-ring (bicyclic) bond motifs is 1. The molecule has 0 bridgehead atoms. The second-order valence-corrected chi connectivity index (χ2v) is 6.02. The fraction of sp³-hybridized carbons (Fsp3) is 0.300. The van der Waals surface area contributed by atoms with Crippen molar-refractivity contribution in [1.82, 2.24) is 4.90 Å². The summed E-state index contributed by atoms with van der Waals surface area (Å²) in [6.07, 6.45) is 0.224. The third-order valence-corrected chi connectivity index (χ3v) is 4.39. The Morgan fingerprint density at radius 1 is 1.20 bits per heavy atom. The summed E-state index contributed by atoms with van der Waals surface area (Å²) in [6, 6.07) is 15.2. The van der Waals surface area contributed by atoms with Crippen LogP contribution < -0.4 is 9.47 Å². The summed E-state index contributed by atoms with van der Waals surface area (Å²) in [5.41, 5.74) is 2.97. The van der Waals surface area contributed by atoms with Gasteiger partial charge in [-0.25, -0.2) is 0 Å².